The van der Waals surface area contributed by atoms with Gasteiger partial charge in [0.2, 0.25) is 0 Å². The minimum Gasteiger partial charge on any atom is -0.497 e. The Balaban J connectivity index is 1.83. The highest BCUT2D eigenvalue weighted by molar-refractivity contribution is 6.04. The van der Waals surface area contributed by atoms with Crippen LogP contribution in [0.3, 0.4) is 0 Å². The largest absolute Gasteiger partial charge is 0.497 e. The molecular weight excluding hydrogens is 386 g/mol. The molecule has 1 N–H and O–H groups in total. The van der Waals surface area contributed by atoms with E-state index in [0.717, 1.165) is 0 Å². The first kappa shape index (κ1) is 20.1. The summed E-state index contributed by atoms with van der Waals surface area (Å²) in [6.45, 7) is -1.24. The van der Waals surface area contributed by atoms with Gasteiger partial charge in [-0.25, -0.2) is 4.68 Å². The first-order chi connectivity index (χ1) is 13.9. The number of benzene rings is 2. The van der Waals surface area contributed by atoms with E-state index in [2.05, 4.69) is 20.4 Å². The van der Waals surface area contributed by atoms with Crippen molar-refractivity contribution >= 4 is 11.6 Å². The Morgan fingerprint density at radius 1 is 1.07 bits per heavy atom. The van der Waals surface area contributed by atoms with Crippen LogP contribution in [0.4, 0.5) is 14.5 Å². The standard InChI is InChI=1S/C19H18F2N4O4/c1-11-17(18(26)22-15-10-14(27-2)8-9-16(15)28-3)23-24-25(11)12-4-6-13(7-5-12)29-19(20)21/h4-10,19H,1-3H3,(H,22,26). The van der Waals surface area contributed by atoms with Crippen LogP contribution in [0, 0.1) is 6.92 Å². The van der Waals surface area contributed by atoms with E-state index in [9.17, 15) is 13.6 Å². The molecule has 0 saturated heterocycles. The number of carbonyl (C=O) groups is 1. The summed E-state index contributed by atoms with van der Waals surface area (Å²) in [4.78, 5) is 12.7. The number of rotatable bonds is 7. The highest BCUT2D eigenvalue weighted by atomic mass is 19.3. The summed E-state index contributed by atoms with van der Waals surface area (Å²) in [5.41, 5.74) is 1.52. The Labute approximate surface area is 165 Å². The van der Waals surface area contributed by atoms with Crippen molar-refractivity contribution in [2.24, 2.45) is 0 Å². The van der Waals surface area contributed by atoms with Gasteiger partial charge in [-0.05, 0) is 43.3 Å². The molecule has 3 aromatic rings. The van der Waals surface area contributed by atoms with E-state index < -0.39 is 12.5 Å². The van der Waals surface area contributed by atoms with E-state index in [4.69, 9.17) is 9.47 Å². The average molecular weight is 404 g/mol. The minimum atomic E-state index is -2.90. The minimum absolute atomic E-state index is 0.0182. The number of halogens is 2. The fourth-order valence-corrected chi connectivity index (χ4v) is 2.65. The predicted molar refractivity (Wildman–Crippen MR) is 100 cm³/mol. The number of methoxy groups -OCH3 is 2. The zero-order valence-electron chi connectivity index (χ0n) is 15.8. The number of amides is 1. The maximum Gasteiger partial charge on any atom is 0.387 e. The third-order valence-electron chi connectivity index (χ3n) is 4.07. The van der Waals surface area contributed by atoms with Crippen molar-refractivity contribution in [3.8, 4) is 22.9 Å². The Kier molecular flexibility index (Phi) is 5.91. The van der Waals surface area contributed by atoms with E-state index in [1.165, 1.54) is 43.2 Å². The maximum atomic E-state index is 12.7. The van der Waals surface area contributed by atoms with Crippen LogP contribution in [0.25, 0.3) is 5.69 Å². The van der Waals surface area contributed by atoms with Gasteiger partial charge in [0.25, 0.3) is 5.91 Å². The topological polar surface area (TPSA) is 87.5 Å². The fourth-order valence-electron chi connectivity index (χ4n) is 2.65. The van der Waals surface area contributed by atoms with Crippen molar-refractivity contribution in [1.29, 1.82) is 0 Å². The van der Waals surface area contributed by atoms with Gasteiger partial charge in [-0.2, -0.15) is 8.78 Å². The maximum absolute atomic E-state index is 12.7. The summed E-state index contributed by atoms with van der Waals surface area (Å²) in [7, 11) is 3.00. The lowest BCUT2D eigenvalue weighted by atomic mass is 10.2. The van der Waals surface area contributed by atoms with Gasteiger partial charge in [-0.1, -0.05) is 5.21 Å². The van der Waals surface area contributed by atoms with E-state index in [-0.39, 0.29) is 11.4 Å². The second-order valence-corrected chi connectivity index (χ2v) is 5.83. The van der Waals surface area contributed by atoms with E-state index in [1.54, 1.807) is 25.1 Å². The Morgan fingerprint density at radius 3 is 2.38 bits per heavy atom. The molecule has 1 heterocycles. The third kappa shape index (κ3) is 4.42. The predicted octanol–water partition coefficient (Wildman–Crippen LogP) is 3.45. The average Bonchev–Trinajstić information content (AvgIpc) is 3.09. The summed E-state index contributed by atoms with van der Waals surface area (Å²) in [5, 5.41) is 10.6. The highest BCUT2D eigenvalue weighted by Gasteiger charge is 2.19. The van der Waals surface area contributed by atoms with Crippen molar-refractivity contribution in [2.45, 2.75) is 13.5 Å². The second kappa shape index (κ2) is 8.55. The monoisotopic (exact) mass is 404 g/mol. The molecule has 1 aromatic heterocycles. The molecule has 8 nitrogen and oxygen atoms in total. The van der Waals surface area contributed by atoms with Gasteiger partial charge in [-0.15, -0.1) is 5.10 Å². The number of nitrogens with zero attached hydrogens (tertiary/aromatic N) is 3. The molecular formula is C19H18F2N4O4. The van der Waals surface area contributed by atoms with Gasteiger partial charge in [0, 0.05) is 6.07 Å². The smallest absolute Gasteiger partial charge is 0.387 e. The van der Waals surface area contributed by atoms with Crippen LogP contribution in [-0.2, 0) is 0 Å². The van der Waals surface area contributed by atoms with Crippen LogP contribution in [0.1, 0.15) is 16.2 Å². The molecule has 3 rings (SSSR count). The molecule has 0 bridgehead atoms. The molecule has 0 aliphatic rings. The van der Waals surface area contributed by atoms with Gasteiger partial charge in [-0.3, -0.25) is 4.79 Å². The number of alkyl halides is 2. The first-order valence-electron chi connectivity index (χ1n) is 8.44. The molecule has 152 valence electrons. The van der Waals surface area contributed by atoms with Gasteiger partial charge in [0.05, 0.1) is 31.3 Å². The quantitative estimate of drug-likeness (QED) is 0.649. The van der Waals surface area contributed by atoms with Crippen molar-refractivity contribution in [2.75, 3.05) is 19.5 Å². The van der Waals surface area contributed by atoms with Crippen molar-refractivity contribution in [3.05, 3.63) is 53.9 Å². The van der Waals surface area contributed by atoms with Crippen molar-refractivity contribution < 1.29 is 27.8 Å². The lowest BCUT2D eigenvalue weighted by Gasteiger charge is -2.11. The number of aromatic nitrogens is 3. The molecule has 1 amide bonds. The molecule has 0 radical (unpaired) electrons. The van der Waals surface area contributed by atoms with Crippen molar-refractivity contribution in [1.82, 2.24) is 15.0 Å². The molecule has 0 fully saturated rings. The molecule has 0 spiro atoms. The molecule has 0 aliphatic heterocycles. The summed E-state index contributed by atoms with van der Waals surface area (Å²) in [6.07, 6.45) is 0. The van der Waals surface area contributed by atoms with Crippen molar-refractivity contribution in [3.63, 3.8) is 0 Å². The van der Waals surface area contributed by atoms with Gasteiger partial charge >= 0.3 is 6.61 Å². The molecule has 2 aromatic carbocycles. The van der Waals surface area contributed by atoms with Crippen LogP contribution >= 0.6 is 0 Å². The van der Waals surface area contributed by atoms with E-state index in [0.29, 0.717) is 28.6 Å². The lowest BCUT2D eigenvalue weighted by Crippen LogP contribution is -2.15. The number of hydrogen-bond acceptors (Lipinski definition) is 6. The van der Waals surface area contributed by atoms with E-state index >= 15 is 0 Å². The van der Waals surface area contributed by atoms with E-state index in [1.807, 2.05) is 0 Å². The van der Waals surface area contributed by atoms with Gasteiger partial charge in [0.15, 0.2) is 5.69 Å². The summed E-state index contributed by atoms with van der Waals surface area (Å²) in [5.74, 6) is 0.536. The van der Waals surface area contributed by atoms with Crippen LogP contribution in [-0.4, -0.2) is 41.7 Å². The lowest BCUT2D eigenvalue weighted by molar-refractivity contribution is -0.0498. The fraction of sp³-hybridized carbons (Fsp3) is 0.211. The Bertz CT molecular complexity index is 1010. The molecule has 29 heavy (non-hydrogen) atoms. The molecule has 0 unspecified atom stereocenters. The summed E-state index contributed by atoms with van der Waals surface area (Å²) in [6, 6.07) is 10.8. The number of anilines is 1. The Hall–Kier alpha value is -3.69. The van der Waals surface area contributed by atoms with Crippen LogP contribution in [0.2, 0.25) is 0 Å². The zero-order chi connectivity index (χ0) is 21.0. The first-order valence-corrected chi connectivity index (χ1v) is 8.44. The molecule has 0 atom stereocenters. The number of carbonyl (C=O) groups excluding carboxylic acids is 1. The number of hydrogen-bond donors (Lipinski definition) is 1. The molecule has 0 saturated carbocycles. The normalized spacial score (nSPS) is 10.7. The summed E-state index contributed by atoms with van der Waals surface area (Å²) < 4.78 is 40.7. The molecule has 10 heteroatoms. The van der Waals surface area contributed by atoms with Crippen LogP contribution < -0.4 is 19.5 Å². The van der Waals surface area contributed by atoms with Crippen LogP contribution in [0.5, 0.6) is 17.2 Å². The number of nitrogens with one attached hydrogen (secondary N) is 1. The van der Waals surface area contributed by atoms with Gasteiger partial charge < -0.3 is 19.5 Å². The highest BCUT2D eigenvalue weighted by Crippen LogP contribution is 2.29. The Morgan fingerprint density at radius 2 is 1.76 bits per heavy atom. The molecule has 0 aliphatic carbocycles. The summed E-state index contributed by atoms with van der Waals surface area (Å²) >= 11 is 0. The van der Waals surface area contributed by atoms with Crippen LogP contribution in [0.15, 0.2) is 42.5 Å². The third-order valence-corrected chi connectivity index (χ3v) is 4.07. The number of ether oxygens (including phenoxy) is 3. The van der Waals surface area contributed by atoms with Gasteiger partial charge in [0.1, 0.15) is 17.2 Å². The zero-order valence-corrected chi connectivity index (χ0v) is 15.8. The second-order valence-electron chi connectivity index (χ2n) is 5.83. The SMILES string of the molecule is COc1ccc(OC)c(NC(=O)c2nnn(-c3ccc(OC(F)F)cc3)c2C)c1.